The normalized spacial score (nSPS) is 10.4. The predicted molar refractivity (Wildman–Crippen MR) is 75.5 cm³/mol. The minimum atomic E-state index is 0.802. The minimum absolute atomic E-state index is 0.802. The molecule has 0 radical (unpaired) electrons. The van der Waals surface area contributed by atoms with E-state index in [0.717, 1.165) is 26.6 Å². The van der Waals surface area contributed by atoms with Crippen LogP contribution in [0.3, 0.4) is 0 Å². The highest BCUT2D eigenvalue weighted by Gasteiger charge is 2.02. The number of thiophene rings is 1. The highest BCUT2D eigenvalue weighted by molar-refractivity contribution is 9.11. The zero-order valence-electron chi connectivity index (χ0n) is 8.76. The van der Waals surface area contributed by atoms with E-state index in [1.807, 2.05) is 25.1 Å². The van der Waals surface area contributed by atoms with Crippen LogP contribution in [0, 0.1) is 6.92 Å². The van der Waals surface area contributed by atoms with Crippen molar-refractivity contribution in [3.05, 3.63) is 49.6 Å². The minimum Gasteiger partial charge on any atom is -0.381 e. The molecule has 1 N–H and O–H groups in total. The summed E-state index contributed by atoms with van der Waals surface area (Å²) >= 11 is 11.2. The first kappa shape index (κ1) is 12.0. The molecule has 0 saturated carbocycles. The van der Waals surface area contributed by atoms with Gasteiger partial charge in [-0.05, 0) is 57.6 Å². The molecule has 1 heterocycles. The fraction of sp³-hybridized carbons (Fsp3) is 0.167. The fourth-order valence-electron chi connectivity index (χ4n) is 1.43. The van der Waals surface area contributed by atoms with E-state index < -0.39 is 0 Å². The molecular weight excluding hydrogens is 306 g/mol. The second-order valence-corrected chi connectivity index (χ2v) is 6.22. The molecule has 2 rings (SSSR count). The third-order valence-electron chi connectivity index (χ3n) is 2.37. The SMILES string of the molecule is Cc1c(Cl)cccc1NCc1csc(Br)c1. The number of anilines is 1. The molecule has 0 saturated heterocycles. The van der Waals surface area contributed by atoms with E-state index in [1.165, 1.54) is 5.56 Å². The summed E-state index contributed by atoms with van der Waals surface area (Å²) in [5, 5.41) is 6.32. The summed E-state index contributed by atoms with van der Waals surface area (Å²) in [5.74, 6) is 0. The summed E-state index contributed by atoms with van der Waals surface area (Å²) in [7, 11) is 0. The second kappa shape index (κ2) is 5.21. The van der Waals surface area contributed by atoms with Gasteiger partial charge in [0.25, 0.3) is 0 Å². The Morgan fingerprint density at radius 1 is 1.44 bits per heavy atom. The molecule has 0 bridgehead atoms. The number of nitrogens with one attached hydrogen (secondary N) is 1. The summed E-state index contributed by atoms with van der Waals surface area (Å²) in [6, 6.07) is 8.03. The molecule has 1 aromatic heterocycles. The average molecular weight is 317 g/mol. The van der Waals surface area contributed by atoms with Gasteiger partial charge in [-0.15, -0.1) is 11.3 Å². The highest BCUT2D eigenvalue weighted by Crippen LogP contribution is 2.25. The van der Waals surface area contributed by atoms with Gasteiger partial charge in [0.1, 0.15) is 0 Å². The van der Waals surface area contributed by atoms with Crippen LogP contribution in [0.2, 0.25) is 5.02 Å². The van der Waals surface area contributed by atoms with Gasteiger partial charge in [-0.3, -0.25) is 0 Å². The molecule has 0 atom stereocenters. The molecule has 2 aromatic rings. The quantitative estimate of drug-likeness (QED) is 0.832. The Morgan fingerprint density at radius 3 is 2.94 bits per heavy atom. The smallest absolute Gasteiger partial charge is 0.0701 e. The molecule has 84 valence electrons. The molecule has 0 unspecified atom stereocenters. The number of hydrogen-bond donors (Lipinski definition) is 1. The zero-order valence-corrected chi connectivity index (χ0v) is 11.9. The lowest BCUT2D eigenvalue weighted by Gasteiger charge is -2.09. The van der Waals surface area contributed by atoms with Crippen molar-refractivity contribution >= 4 is 44.6 Å². The monoisotopic (exact) mass is 315 g/mol. The third-order valence-corrected chi connectivity index (χ3v) is 4.34. The van der Waals surface area contributed by atoms with Gasteiger partial charge in [-0.2, -0.15) is 0 Å². The van der Waals surface area contributed by atoms with E-state index >= 15 is 0 Å². The first-order chi connectivity index (χ1) is 7.66. The van der Waals surface area contributed by atoms with Crippen molar-refractivity contribution in [3.8, 4) is 0 Å². The third kappa shape index (κ3) is 2.78. The van der Waals surface area contributed by atoms with Crippen molar-refractivity contribution in [1.82, 2.24) is 0 Å². The van der Waals surface area contributed by atoms with Gasteiger partial charge >= 0.3 is 0 Å². The summed E-state index contributed by atoms with van der Waals surface area (Å²) < 4.78 is 1.16. The van der Waals surface area contributed by atoms with E-state index in [1.54, 1.807) is 11.3 Å². The second-order valence-electron chi connectivity index (χ2n) is 3.53. The number of halogens is 2. The number of rotatable bonds is 3. The van der Waals surface area contributed by atoms with Gasteiger partial charge in [0, 0.05) is 17.3 Å². The first-order valence-electron chi connectivity index (χ1n) is 4.88. The van der Waals surface area contributed by atoms with Gasteiger partial charge in [-0.1, -0.05) is 17.7 Å². The van der Waals surface area contributed by atoms with Crippen LogP contribution in [-0.2, 0) is 6.54 Å². The lowest BCUT2D eigenvalue weighted by atomic mass is 10.2. The van der Waals surface area contributed by atoms with Crippen molar-refractivity contribution in [1.29, 1.82) is 0 Å². The fourth-order valence-corrected chi connectivity index (χ4v) is 2.82. The van der Waals surface area contributed by atoms with Gasteiger partial charge in [0.15, 0.2) is 0 Å². The maximum absolute atomic E-state index is 6.05. The molecule has 1 nitrogen and oxygen atoms in total. The van der Waals surface area contributed by atoms with Gasteiger partial charge in [0.2, 0.25) is 0 Å². The van der Waals surface area contributed by atoms with Crippen molar-refractivity contribution in [2.75, 3.05) is 5.32 Å². The van der Waals surface area contributed by atoms with Crippen molar-refractivity contribution in [2.45, 2.75) is 13.5 Å². The highest BCUT2D eigenvalue weighted by atomic mass is 79.9. The molecule has 0 aliphatic heterocycles. The average Bonchev–Trinajstić information content (AvgIpc) is 2.67. The Kier molecular flexibility index (Phi) is 3.90. The van der Waals surface area contributed by atoms with Crippen LogP contribution < -0.4 is 5.32 Å². The van der Waals surface area contributed by atoms with Crippen LogP contribution in [0.1, 0.15) is 11.1 Å². The Labute approximate surface area is 113 Å². The topological polar surface area (TPSA) is 12.0 Å². The van der Waals surface area contributed by atoms with Gasteiger partial charge in [-0.25, -0.2) is 0 Å². The maximum atomic E-state index is 6.05. The van der Waals surface area contributed by atoms with Crippen LogP contribution in [0.5, 0.6) is 0 Å². The molecule has 16 heavy (non-hydrogen) atoms. The predicted octanol–water partition coefficient (Wildman–Crippen LogP) is 5.08. The van der Waals surface area contributed by atoms with Crippen LogP contribution in [0.25, 0.3) is 0 Å². The lowest BCUT2D eigenvalue weighted by Crippen LogP contribution is -1.99. The van der Waals surface area contributed by atoms with E-state index in [2.05, 4.69) is 32.7 Å². The first-order valence-corrected chi connectivity index (χ1v) is 6.94. The van der Waals surface area contributed by atoms with Crippen LogP contribution >= 0.6 is 38.9 Å². The maximum Gasteiger partial charge on any atom is 0.0701 e. The Hall–Kier alpha value is -0.510. The molecule has 0 aliphatic carbocycles. The Balaban J connectivity index is 2.07. The van der Waals surface area contributed by atoms with Crippen LogP contribution in [0.4, 0.5) is 5.69 Å². The molecule has 0 fully saturated rings. The van der Waals surface area contributed by atoms with E-state index in [4.69, 9.17) is 11.6 Å². The number of hydrogen-bond acceptors (Lipinski definition) is 2. The van der Waals surface area contributed by atoms with Gasteiger partial charge in [0.05, 0.1) is 3.79 Å². The summed E-state index contributed by atoms with van der Waals surface area (Å²) in [4.78, 5) is 0. The largest absolute Gasteiger partial charge is 0.381 e. The standard InChI is InChI=1S/C12H11BrClNS/c1-8-10(14)3-2-4-11(8)15-6-9-5-12(13)16-7-9/h2-5,7,15H,6H2,1H3. The Bertz CT molecular complexity index is 496. The molecule has 0 aliphatic rings. The molecule has 1 aromatic carbocycles. The van der Waals surface area contributed by atoms with Crippen molar-refractivity contribution in [3.63, 3.8) is 0 Å². The molecule has 4 heteroatoms. The summed E-state index contributed by atoms with van der Waals surface area (Å²) in [6.07, 6.45) is 0. The van der Waals surface area contributed by atoms with E-state index in [0.29, 0.717) is 0 Å². The van der Waals surface area contributed by atoms with E-state index in [-0.39, 0.29) is 0 Å². The summed E-state index contributed by atoms with van der Waals surface area (Å²) in [5.41, 5.74) is 3.46. The molecular formula is C12H11BrClNS. The Morgan fingerprint density at radius 2 is 2.25 bits per heavy atom. The van der Waals surface area contributed by atoms with Crippen molar-refractivity contribution < 1.29 is 0 Å². The zero-order chi connectivity index (χ0) is 11.5. The van der Waals surface area contributed by atoms with Gasteiger partial charge < -0.3 is 5.32 Å². The van der Waals surface area contributed by atoms with E-state index in [9.17, 15) is 0 Å². The van der Waals surface area contributed by atoms with Crippen molar-refractivity contribution in [2.24, 2.45) is 0 Å². The number of benzene rings is 1. The molecule has 0 amide bonds. The molecule has 0 spiro atoms. The van der Waals surface area contributed by atoms with Crippen LogP contribution in [0.15, 0.2) is 33.4 Å². The van der Waals surface area contributed by atoms with Crippen LogP contribution in [-0.4, -0.2) is 0 Å². The summed E-state index contributed by atoms with van der Waals surface area (Å²) in [6.45, 7) is 2.84. The lowest BCUT2D eigenvalue weighted by molar-refractivity contribution is 1.15.